The SMILES string of the molecule is NCc1ccc(C(=O)NCC2CC(O)C2)cc1. The van der Waals surface area contributed by atoms with Crippen molar-refractivity contribution in [3.05, 3.63) is 35.4 Å². The molecule has 1 aliphatic rings. The van der Waals surface area contributed by atoms with Crippen LogP contribution in [0.15, 0.2) is 24.3 Å². The van der Waals surface area contributed by atoms with Crippen LogP contribution in [0.25, 0.3) is 0 Å². The summed E-state index contributed by atoms with van der Waals surface area (Å²) in [5, 5.41) is 12.0. The summed E-state index contributed by atoms with van der Waals surface area (Å²) < 4.78 is 0. The van der Waals surface area contributed by atoms with Crippen molar-refractivity contribution in [1.29, 1.82) is 0 Å². The Morgan fingerprint density at radius 1 is 1.35 bits per heavy atom. The Bertz CT molecular complexity index is 383. The van der Waals surface area contributed by atoms with Gasteiger partial charge >= 0.3 is 0 Å². The fourth-order valence-electron chi connectivity index (χ4n) is 2.00. The molecule has 1 aliphatic carbocycles. The molecule has 4 N–H and O–H groups in total. The molecule has 0 bridgehead atoms. The maximum atomic E-state index is 11.8. The van der Waals surface area contributed by atoms with Crippen molar-refractivity contribution >= 4 is 5.91 Å². The van der Waals surface area contributed by atoms with E-state index in [-0.39, 0.29) is 12.0 Å². The number of rotatable bonds is 4. The van der Waals surface area contributed by atoms with Crippen LogP contribution in [0.3, 0.4) is 0 Å². The molecule has 0 atom stereocenters. The van der Waals surface area contributed by atoms with E-state index in [0.717, 1.165) is 18.4 Å². The predicted octanol–water partition coefficient (Wildman–Crippen LogP) is 0.646. The van der Waals surface area contributed by atoms with Crippen LogP contribution in [-0.2, 0) is 6.54 Å². The van der Waals surface area contributed by atoms with Gasteiger partial charge in [0, 0.05) is 18.7 Å². The van der Waals surface area contributed by atoms with E-state index in [1.807, 2.05) is 12.1 Å². The molecule has 0 unspecified atom stereocenters. The van der Waals surface area contributed by atoms with Crippen LogP contribution in [0.5, 0.6) is 0 Å². The Labute approximate surface area is 101 Å². The van der Waals surface area contributed by atoms with Crippen LogP contribution in [0.4, 0.5) is 0 Å². The van der Waals surface area contributed by atoms with Gasteiger partial charge in [-0.3, -0.25) is 4.79 Å². The van der Waals surface area contributed by atoms with E-state index >= 15 is 0 Å². The molecule has 0 aromatic heterocycles. The van der Waals surface area contributed by atoms with Gasteiger partial charge in [0.2, 0.25) is 0 Å². The van der Waals surface area contributed by atoms with E-state index < -0.39 is 0 Å². The van der Waals surface area contributed by atoms with E-state index in [2.05, 4.69) is 5.32 Å². The summed E-state index contributed by atoms with van der Waals surface area (Å²) in [7, 11) is 0. The lowest BCUT2D eigenvalue weighted by Crippen LogP contribution is -2.38. The number of aliphatic hydroxyl groups is 1. The summed E-state index contributed by atoms with van der Waals surface area (Å²) in [5.74, 6) is 0.368. The molecule has 1 amide bonds. The first-order chi connectivity index (χ1) is 8.19. The van der Waals surface area contributed by atoms with Crippen molar-refractivity contribution in [2.75, 3.05) is 6.54 Å². The van der Waals surface area contributed by atoms with Crippen molar-refractivity contribution in [2.24, 2.45) is 11.7 Å². The van der Waals surface area contributed by atoms with Crippen molar-refractivity contribution in [3.63, 3.8) is 0 Å². The Morgan fingerprint density at radius 3 is 2.53 bits per heavy atom. The van der Waals surface area contributed by atoms with Crippen molar-refractivity contribution in [3.8, 4) is 0 Å². The van der Waals surface area contributed by atoms with Gasteiger partial charge in [0.25, 0.3) is 5.91 Å². The van der Waals surface area contributed by atoms with E-state index in [0.29, 0.717) is 24.6 Å². The first-order valence-corrected chi connectivity index (χ1v) is 5.94. The quantitative estimate of drug-likeness (QED) is 0.716. The van der Waals surface area contributed by atoms with Crippen LogP contribution in [-0.4, -0.2) is 23.7 Å². The zero-order valence-electron chi connectivity index (χ0n) is 9.73. The van der Waals surface area contributed by atoms with Crippen molar-refractivity contribution in [2.45, 2.75) is 25.5 Å². The highest BCUT2D eigenvalue weighted by Crippen LogP contribution is 2.26. The number of hydrogen-bond donors (Lipinski definition) is 3. The summed E-state index contributed by atoms with van der Waals surface area (Å²) in [5.41, 5.74) is 7.16. The molecule has 0 heterocycles. The smallest absolute Gasteiger partial charge is 0.251 e. The molecule has 2 rings (SSSR count). The lowest BCUT2D eigenvalue weighted by atomic mass is 9.82. The lowest BCUT2D eigenvalue weighted by molar-refractivity contribution is 0.0420. The normalized spacial score (nSPS) is 22.9. The van der Waals surface area contributed by atoms with Crippen LogP contribution >= 0.6 is 0 Å². The second kappa shape index (κ2) is 5.29. The number of carbonyl (C=O) groups excluding carboxylic acids is 1. The van der Waals surface area contributed by atoms with Gasteiger partial charge in [-0.2, -0.15) is 0 Å². The average molecular weight is 234 g/mol. The monoisotopic (exact) mass is 234 g/mol. The molecule has 0 saturated heterocycles. The number of carbonyl (C=O) groups is 1. The summed E-state index contributed by atoms with van der Waals surface area (Å²) in [4.78, 5) is 11.8. The average Bonchev–Trinajstić information content (AvgIpc) is 2.33. The molecule has 17 heavy (non-hydrogen) atoms. The lowest BCUT2D eigenvalue weighted by Gasteiger charge is -2.31. The number of nitrogens with one attached hydrogen (secondary N) is 1. The minimum Gasteiger partial charge on any atom is -0.393 e. The Hall–Kier alpha value is -1.39. The third kappa shape index (κ3) is 3.05. The molecule has 92 valence electrons. The Morgan fingerprint density at radius 2 is 2.00 bits per heavy atom. The summed E-state index contributed by atoms with van der Waals surface area (Å²) >= 11 is 0. The number of hydrogen-bond acceptors (Lipinski definition) is 3. The number of amides is 1. The zero-order valence-corrected chi connectivity index (χ0v) is 9.73. The highest BCUT2D eigenvalue weighted by atomic mass is 16.3. The van der Waals surface area contributed by atoms with E-state index in [1.54, 1.807) is 12.1 Å². The largest absolute Gasteiger partial charge is 0.393 e. The molecular weight excluding hydrogens is 216 g/mol. The predicted molar refractivity (Wildman–Crippen MR) is 65.4 cm³/mol. The molecule has 4 heteroatoms. The second-order valence-electron chi connectivity index (χ2n) is 4.60. The zero-order chi connectivity index (χ0) is 12.3. The fourth-order valence-corrected chi connectivity index (χ4v) is 2.00. The summed E-state index contributed by atoms with van der Waals surface area (Å²) in [6.07, 6.45) is 1.43. The molecule has 1 saturated carbocycles. The van der Waals surface area contributed by atoms with Gasteiger partial charge in [-0.25, -0.2) is 0 Å². The first-order valence-electron chi connectivity index (χ1n) is 5.94. The third-order valence-corrected chi connectivity index (χ3v) is 3.21. The maximum absolute atomic E-state index is 11.8. The summed E-state index contributed by atoms with van der Waals surface area (Å²) in [6, 6.07) is 7.30. The third-order valence-electron chi connectivity index (χ3n) is 3.21. The molecule has 0 spiro atoms. The molecule has 0 aliphatic heterocycles. The van der Waals surface area contributed by atoms with Gasteiger partial charge in [-0.1, -0.05) is 12.1 Å². The molecule has 4 nitrogen and oxygen atoms in total. The van der Waals surface area contributed by atoms with E-state index in [9.17, 15) is 4.79 Å². The molecule has 1 aromatic carbocycles. The van der Waals surface area contributed by atoms with Crippen LogP contribution < -0.4 is 11.1 Å². The fraction of sp³-hybridized carbons (Fsp3) is 0.462. The van der Waals surface area contributed by atoms with Gasteiger partial charge < -0.3 is 16.2 Å². The standard InChI is InChI=1S/C13H18N2O2/c14-7-9-1-3-11(4-2-9)13(17)15-8-10-5-12(16)6-10/h1-4,10,12,16H,5-8,14H2,(H,15,17). The number of aliphatic hydroxyl groups excluding tert-OH is 1. The van der Waals surface area contributed by atoms with Crippen LogP contribution in [0.2, 0.25) is 0 Å². The topological polar surface area (TPSA) is 75.4 Å². The first kappa shape index (κ1) is 12.1. The highest BCUT2D eigenvalue weighted by molar-refractivity contribution is 5.94. The Balaban J connectivity index is 1.82. The molecule has 0 radical (unpaired) electrons. The second-order valence-corrected chi connectivity index (χ2v) is 4.60. The minimum atomic E-state index is -0.166. The molecular formula is C13H18N2O2. The maximum Gasteiger partial charge on any atom is 0.251 e. The van der Waals surface area contributed by atoms with Gasteiger partial charge in [0.1, 0.15) is 0 Å². The van der Waals surface area contributed by atoms with E-state index in [4.69, 9.17) is 10.8 Å². The van der Waals surface area contributed by atoms with Crippen LogP contribution in [0, 0.1) is 5.92 Å². The Kier molecular flexibility index (Phi) is 3.76. The van der Waals surface area contributed by atoms with E-state index in [1.165, 1.54) is 0 Å². The van der Waals surface area contributed by atoms with Gasteiger partial charge in [-0.05, 0) is 36.5 Å². The van der Waals surface area contributed by atoms with Gasteiger partial charge in [0.15, 0.2) is 0 Å². The summed E-state index contributed by atoms with van der Waals surface area (Å²) in [6.45, 7) is 1.14. The van der Waals surface area contributed by atoms with Crippen molar-refractivity contribution < 1.29 is 9.90 Å². The molecule has 1 aromatic rings. The van der Waals surface area contributed by atoms with Crippen LogP contribution in [0.1, 0.15) is 28.8 Å². The van der Waals surface area contributed by atoms with Crippen molar-refractivity contribution in [1.82, 2.24) is 5.32 Å². The highest BCUT2D eigenvalue weighted by Gasteiger charge is 2.27. The van der Waals surface area contributed by atoms with Gasteiger partial charge in [-0.15, -0.1) is 0 Å². The number of nitrogens with two attached hydrogens (primary N) is 1. The molecule has 1 fully saturated rings. The number of benzene rings is 1. The minimum absolute atomic E-state index is 0.0602. The van der Waals surface area contributed by atoms with Gasteiger partial charge in [0.05, 0.1) is 6.10 Å².